The van der Waals surface area contributed by atoms with Crippen LogP contribution in [0.4, 0.5) is 5.69 Å². The van der Waals surface area contributed by atoms with Crippen LogP contribution in [-0.2, 0) is 4.74 Å². The van der Waals surface area contributed by atoms with Crippen LogP contribution in [0.3, 0.4) is 0 Å². The number of rotatable bonds is 7. The third-order valence-corrected chi connectivity index (χ3v) is 2.90. The number of nitrogens with one attached hydrogen (secondary N) is 2. The van der Waals surface area contributed by atoms with E-state index in [1.54, 1.807) is 0 Å². The smallest absolute Gasteiger partial charge is 0.210 e. The lowest BCUT2D eigenvalue weighted by Crippen LogP contribution is -2.36. The summed E-state index contributed by atoms with van der Waals surface area (Å²) in [5.74, 6) is 6.56. The molecule has 1 rings (SSSR count). The maximum Gasteiger partial charge on any atom is 0.210 e. The fourth-order valence-electron chi connectivity index (χ4n) is 1.71. The second-order valence-electron chi connectivity index (χ2n) is 4.83. The molecule has 112 valence electrons. The van der Waals surface area contributed by atoms with Gasteiger partial charge in [0.2, 0.25) is 5.96 Å². The highest BCUT2D eigenvalue weighted by Crippen LogP contribution is 2.16. The Bertz CT molecular complexity index is 401. The van der Waals surface area contributed by atoms with Crippen molar-refractivity contribution in [3.05, 3.63) is 29.8 Å². The normalized spacial score (nSPS) is 11.8. The van der Waals surface area contributed by atoms with Gasteiger partial charge >= 0.3 is 0 Å². The lowest BCUT2D eigenvalue weighted by molar-refractivity contribution is 0.146. The molecule has 0 aliphatic carbocycles. The average Bonchev–Trinajstić information content (AvgIpc) is 2.46. The summed E-state index contributed by atoms with van der Waals surface area (Å²) in [6.45, 7) is 8.48. The number of benzene rings is 1. The van der Waals surface area contributed by atoms with Gasteiger partial charge in [-0.3, -0.25) is 10.4 Å². The van der Waals surface area contributed by atoms with Crippen LogP contribution in [0.15, 0.2) is 29.3 Å². The first kappa shape index (κ1) is 16.5. The number of ether oxygens (including phenoxy) is 1. The highest BCUT2D eigenvalue weighted by molar-refractivity contribution is 5.93. The van der Waals surface area contributed by atoms with Crippen molar-refractivity contribution in [2.75, 3.05) is 25.1 Å². The number of hydrogen-bond acceptors (Lipinski definition) is 3. The topological polar surface area (TPSA) is 71.7 Å². The van der Waals surface area contributed by atoms with Gasteiger partial charge < -0.3 is 10.1 Å². The third-order valence-electron chi connectivity index (χ3n) is 2.90. The SMILES string of the molecule is CCOCCCN=C(NN)Nc1ccc(C(C)C)cc1. The zero-order valence-corrected chi connectivity index (χ0v) is 12.6. The van der Waals surface area contributed by atoms with Gasteiger partial charge in [0.25, 0.3) is 0 Å². The summed E-state index contributed by atoms with van der Waals surface area (Å²) in [6.07, 6.45) is 0.882. The molecule has 0 spiro atoms. The quantitative estimate of drug-likeness (QED) is 0.235. The first-order valence-corrected chi connectivity index (χ1v) is 7.13. The summed E-state index contributed by atoms with van der Waals surface area (Å²) in [7, 11) is 0. The summed E-state index contributed by atoms with van der Waals surface area (Å²) in [4.78, 5) is 4.36. The van der Waals surface area contributed by atoms with Crippen LogP contribution in [-0.4, -0.2) is 25.7 Å². The zero-order chi connectivity index (χ0) is 14.8. The van der Waals surface area contributed by atoms with E-state index in [4.69, 9.17) is 10.6 Å². The Morgan fingerprint density at radius 2 is 2.00 bits per heavy atom. The molecule has 0 aromatic heterocycles. The van der Waals surface area contributed by atoms with Gasteiger partial charge in [-0.25, -0.2) is 5.84 Å². The van der Waals surface area contributed by atoms with Crippen molar-refractivity contribution in [1.29, 1.82) is 0 Å². The van der Waals surface area contributed by atoms with Gasteiger partial charge in [0.1, 0.15) is 0 Å². The van der Waals surface area contributed by atoms with Crippen LogP contribution >= 0.6 is 0 Å². The largest absolute Gasteiger partial charge is 0.382 e. The third kappa shape index (κ3) is 6.04. The molecule has 0 aliphatic heterocycles. The molecule has 0 heterocycles. The molecule has 5 nitrogen and oxygen atoms in total. The van der Waals surface area contributed by atoms with Crippen LogP contribution in [0.1, 0.15) is 38.7 Å². The minimum absolute atomic E-state index is 0.531. The monoisotopic (exact) mass is 278 g/mol. The summed E-state index contributed by atoms with van der Waals surface area (Å²) in [5.41, 5.74) is 4.86. The van der Waals surface area contributed by atoms with Crippen LogP contribution < -0.4 is 16.6 Å². The lowest BCUT2D eigenvalue weighted by atomic mass is 10.0. The Labute approximate surface area is 121 Å². The highest BCUT2D eigenvalue weighted by atomic mass is 16.5. The van der Waals surface area contributed by atoms with Gasteiger partial charge in [0.15, 0.2) is 0 Å². The summed E-state index contributed by atoms with van der Waals surface area (Å²) in [5, 5.41) is 3.16. The molecule has 0 bridgehead atoms. The van der Waals surface area contributed by atoms with Crippen molar-refractivity contribution < 1.29 is 4.74 Å². The molecule has 1 aromatic rings. The van der Waals surface area contributed by atoms with E-state index in [1.165, 1.54) is 5.56 Å². The number of hydrazine groups is 1. The van der Waals surface area contributed by atoms with Crippen LogP contribution in [0.25, 0.3) is 0 Å². The summed E-state index contributed by atoms with van der Waals surface area (Å²) >= 11 is 0. The van der Waals surface area contributed by atoms with Crippen molar-refractivity contribution >= 4 is 11.6 Å². The van der Waals surface area contributed by atoms with Gasteiger partial charge in [-0.05, 0) is 37.0 Å². The van der Waals surface area contributed by atoms with E-state index >= 15 is 0 Å². The molecule has 5 heteroatoms. The lowest BCUT2D eigenvalue weighted by Gasteiger charge is -2.11. The zero-order valence-electron chi connectivity index (χ0n) is 12.6. The highest BCUT2D eigenvalue weighted by Gasteiger charge is 2.01. The molecule has 4 N–H and O–H groups in total. The number of aliphatic imine (C=N–C) groups is 1. The van der Waals surface area contributed by atoms with E-state index in [0.717, 1.165) is 25.3 Å². The Balaban J connectivity index is 2.48. The maximum atomic E-state index is 5.47. The molecule has 0 radical (unpaired) electrons. The number of anilines is 1. The molecule has 0 unspecified atom stereocenters. The van der Waals surface area contributed by atoms with Crippen molar-refractivity contribution in [3.8, 4) is 0 Å². The molecular formula is C15H26N4O. The molecule has 0 amide bonds. The minimum atomic E-state index is 0.531. The van der Waals surface area contributed by atoms with Crippen LogP contribution in [0.2, 0.25) is 0 Å². The number of nitrogens with zero attached hydrogens (tertiary/aromatic N) is 1. The van der Waals surface area contributed by atoms with E-state index in [9.17, 15) is 0 Å². The first-order valence-electron chi connectivity index (χ1n) is 7.13. The van der Waals surface area contributed by atoms with Gasteiger partial charge in [0.05, 0.1) is 0 Å². The molecule has 1 aromatic carbocycles. The Morgan fingerprint density at radius 3 is 2.55 bits per heavy atom. The fraction of sp³-hybridized carbons (Fsp3) is 0.533. The Morgan fingerprint density at radius 1 is 1.30 bits per heavy atom. The number of guanidine groups is 1. The summed E-state index contributed by atoms with van der Waals surface area (Å²) in [6, 6.07) is 8.28. The summed E-state index contributed by atoms with van der Waals surface area (Å²) < 4.78 is 5.26. The Kier molecular flexibility index (Phi) is 7.69. The molecule has 0 saturated heterocycles. The van der Waals surface area contributed by atoms with E-state index in [0.29, 0.717) is 18.4 Å². The van der Waals surface area contributed by atoms with Gasteiger partial charge in [-0.1, -0.05) is 26.0 Å². The molecule has 0 saturated carbocycles. The van der Waals surface area contributed by atoms with Crippen molar-refractivity contribution in [1.82, 2.24) is 5.43 Å². The van der Waals surface area contributed by atoms with Crippen molar-refractivity contribution in [2.45, 2.75) is 33.1 Å². The van der Waals surface area contributed by atoms with Crippen molar-refractivity contribution in [2.24, 2.45) is 10.8 Å². The van der Waals surface area contributed by atoms with Crippen LogP contribution in [0, 0.1) is 0 Å². The molecule has 0 atom stereocenters. The maximum absolute atomic E-state index is 5.47. The average molecular weight is 278 g/mol. The van der Waals surface area contributed by atoms with Gasteiger partial charge in [-0.15, -0.1) is 0 Å². The van der Waals surface area contributed by atoms with Crippen LogP contribution in [0.5, 0.6) is 0 Å². The molecular weight excluding hydrogens is 252 g/mol. The van der Waals surface area contributed by atoms with E-state index in [1.807, 2.05) is 19.1 Å². The molecule has 0 fully saturated rings. The van der Waals surface area contributed by atoms with Gasteiger partial charge in [0, 0.05) is 25.4 Å². The second-order valence-corrected chi connectivity index (χ2v) is 4.83. The van der Waals surface area contributed by atoms with E-state index in [2.05, 4.69) is 41.7 Å². The fourth-order valence-corrected chi connectivity index (χ4v) is 1.71. The minimum Gasteiger partial charge on any atom is -0.382 e. The van der Waals surface area contributed by atoms with E-state index in [-0.39, 0.29) is 0 Å². The number of nitrogens with two attached hydrogens (primary N) is 1. The number of hydrogen-bond donors (Lipinski definition) is 3. The van der Waals surface area contributed by atoms with Gasteiger partial charge in [-0.2, -0.15) is 0 Å². The predicted octanol–water partition coefficient (Wildman–Crippen LogP) is 2.47. The van der Waals surface area contributed by atoms with E-state index < -0.39 is 0 Å². The molecule has 0 aliphatic rings. The molecule has 20 heavy (non-hydrogen) atoms. The first-order chi connectivity index (χ1) is 9.67. The Hall–Kier alpha value is -1.59. The van der Waals surface area contributed by atoms with Crippen molar-refractivity contribution in [3.63, 3.8) is 0 Å². The second kappa shape index (κ2) is 9.34. The standard InChI is InChI=1S/C15H26N4O/c1-4-20-11-5-10-17-15(19-16)18-14-8-6-13(7-9-14)12(2)3/h6-9,12H,4-5,10-11,16H2,1-3H3,(H2,17,18,19). The predicted molar refractivity (Wildman–Crippen MR) is 84.9 cm³/mol.